The lowest BCUT2D eigenvalue weighted by Gasteiger charge is -2.07. The van der Waals surface area contributed by atoms with Crippen LogP contribution in [0.2, 0.25) is 5.22 Å². The molecule has 0 bridgehead atoms. The van der Waals surface area contributed by atoms with Gasteiger partial charge in [0, 0.05) is 4.47 Å². The van der Waals surface area contributed by atoms with Gasteiger partial charge < -0.3 is 9.73 Å². The molecule has 2 nitrogen and oxygen atoms in total. The van der Waals surface area contributed by atoms with Gasteiger partial charge in [-0.25, -0.2) is 4.39 Å². The van der Waals surface area contributed by atoms with Crippen molar-refractivity contribution < 1.29 is 8.81 Å². The largest absolute Gasteiger partial charge is 0.448 e. The quantitative estimate of drug-likeness (QED) is 0.906. The standard InChI is InChI=1S/C11H8BrClFNO/c12-8-2-1-3-9(14)11(8)15-6-7-4-5-10(13)16-7/h1-5,15H,6H2. The van der Waals surface area contributed by atoms with Gasteiger partial charge >= 0.3 is 0 Å². The number of halogens is 3. The number of furan rings is 1. The summed E-state index contributed by atoms with van der Waals surface area (Å²) in [6.07, 6.45) is 0. The zero-order valence-corrected chi connectivity index (χ0v) is 10.5. The zero-order valence-electron chi connectivity index (χ0n) is 8.14. The number of rotatable bonds is 3. The fourth-order valence-corrected chi connectivity index (χ4v) is 1.93. The maximum Gasteiger partial charge on any atom is 0.193 e. The fourth-order valence-electron chi connectivity index (χ4n) is 1.29. The molecule has 0 spiro atoms. The lowest BCUT2D eigenvalue weighted by molar-refractivity contribution is 0.519. The molecule has 0 aliphatic carbocycles. The van der Waals surface area contributed by atoms with Crippen molar-refractivity contribution in [3.63, 3.8) is 0 Å². The van der Waals surface area contributed by atoms with Gasteiger partial charge in [0.25, 0.3) is 0 Å². The van der Waals surface area contributed by atoms with Gasteiger partial charge in [-0.15, -0.1) is 0 Å². The van der Waals surface area contributed by atoms with Crippen molar-refractivity contribution in [2.75, 3.05) is 5.32 Å². The predicted molar refractivity (Wildman–Crippen MR) is 65.1 cm³/mol. The van der Waals surface area contributed by atoms with Crippen molar-refractivity contribution in [1.29, 1.82) is 0 Å². The molecular weight excluding hydrogens is 296 g/mol. The molecule has 0 radical (unpaired) electrons. The van der Waals surface area contributed by atoms with E-state index < -0.39 is 0 Å². The van der Waals surface area contributed by atoms with Crippen LogP contribution < -0.4 is 5.32 Å². The fraction of sp³-hybridized carbons (Fsp3) is 0.0909. The second-order valence-electron chi connectivity index (χ2n) is 3.16. The Labute approximate surface area is 106 Å². The van der Waals surface area contributed by atoms with E-state index in [0.29, 0.717) is 27.7 Å². The Morgan fingerprint density at radius 2 is 2.12 bits per heavy atom. The van der Waals surface area contributed by atoms with Crippen molar-refractivity contribution in [1.82, 2.24) is 0 Å². The summed E-state index contributed by atoms with van der Waals surface area (Å²) >= 11 is 8.89. The summed E-state index contributed by atoms with van der Waals surface area (Å²) in [6.45, 7) is 0.381. The third-order valence-corrected chi connectivity index (χ3v) is 2.89. The van der Waals surface area contributed by atoms with E-state index in [2.05, 4.69) is 21.2 Å². The van der Waals surface area contributed by atoms with Gasteiger partial charge in [-0.2, -0.15) is 0 Å². The van der Waals surface area contributed by atoms with Crippen LogP contribution >= 0.6 is 27.5 Å². The Morgan fingerprint density at radius 1 is 1.31 bits per heavy atom. The molecule has 2 aromatic rings. The lowest BCUT2D eigenvalue weighted by Crippen LogP contribution is -2.01. The third-order valence-electron chi connectivity index (χ3n) is 2.03. The van der Waals surface area contributed by atoms with Gasteiger partial charge in [0.1, 0.15) is 11.6 Å². The number of anilines is 1. The van der Waals surface area contributed by atoms with Crippen molar-refractivity contribution >= 4 is 33.2 Å². The van der Waals surface area contributed by atoms with Gasteiger partial charge in [-0.1, -0.05) is 6.07 Å². The number of para-hydroxylation sites is 1. The maximum absolute atomic E-state index is 13.4. The average Bonchev–Trinajstić information content (AvgIpc) is 2.63. The van der Waals surface area contributed by atoms with Gasteiger partial charge in [-0.05, 0) is 51.8 Å². The van der Waals surface area contributed by atoms with E-state index in [0.717, 1.165) is 0 Å². The minimum Gasteiger partial charge on any atom is -0.448 e. The SMILES string of the molecule is Fc1cccc(Br)c1NCc1ccc(Cl)o1. The van der Waals surface area contributed by atoms with Crippen LogP contribution in [0.15, 0.2) is 39.2 Å². The first kappa shape index (κ1) is 11.5. The van der Waals surface area contributed by atoms with Crippen LogP contribution in [0.3, 0.4) is 0 Å². The molecule has 0 aliphatic heterocycles. The van der Waals surface area contributed by atoms with Gasteiger partial charge in [0.05, 0.1) is 12.2 Å². The van der Waals surface area contributed by atoms with Crippen molar-refractivity contribution in [2.45, 2.75) is 6.54 Å². The van der Waals surface area contributed by atoms with Gasteiger partial charge in [0.15, 0.2) is 5.22 Å². The molecule has 1 N–H and O–H groups in total. The first-order valence-corrected chi connectivity index (χ1v) is 5.76. The molecule has 0 unspecified atom stereocenters. The number of nitrogens with one attached hydrogen (secondary N) is 1. The third kappa shape index (κ3) is 2.57. The highest BCUT2D eigenvalue weighted by molar-refractivity contribution is 9.10. The molecule has 84 valence electrons. The van der Waals surface area contributed by atoms with Crippen molar-refractivity contribution in [3.05, 3.63) is 51.6 Å². The van der Waals surface area contributed by atoms with Gasteiger partial charge in [0.2, 0.25) is 0 Å². The normalized spacial score (nSPS) is 10.4. The Kier molecular flexibility index (Phi) is 3.51. The summed E-state index contributed by atoms with van der Waals surface area (Å²) < 4.78 is 19.2. The molecular formula is C11H8BrClFNO. The first-order chi connectivity index (χ1) is 7.66. The van der Waals surface area contributed by atoms with Crippen LogP contribution in [-0.2, 0) is 6.54 Å². The summed E-state index contributed by atoms with van der Waals surface area (Å²) in [4.78, 5) is 0. The van der Waals surface area contributed by atoms with E-state index in [9.17, 15) is 4.39 Å². The summed E-state index contributed by atoms with van der Waals surface area (Å²) in [5, 5.41) is 3.26. The van der Waals surface area contributed by atoms with Crippen LogP contribution in [-0.4, -0.2) is 0 Å². The molecule has 5 heteroatoms. The second-order valence-corrected chi connectivity index (χ2v) is 4.38. The highest BCUT2D eigenvalue weighted by atomic mass is 79.9. The molecule has 0 atom stereocenters. The Hall–Kier alpha value is -1.00. The van der Waals surface area contributed by atoms with Crippen LogP contribution in [0.5, 0.6) is 0 Å². The van der Waals surface area contributed by atoms with Crippen molar-refractivity contribution in [3.8, 4) is 0 Å². The monoisotopic (exact) mass is 303 g/mol. The van der Waals surface area contributed by atoms with E-state index in [1.807, 2.05) is 0 Å². The van der Waals surface area contributed by atoms with Crippen LogP contribution in [0.1, 0.15) is 5.76 Å². The summed E-state index contributed by atoms with van der Waals surface area (Å²) in [5.74, 6) is 0.340. The number of hydrogen-bond acceptors (Lipinski definition) is 2. The minimum atomic E-state index is -0.313. The lowest BCUT2D eigenvalue weighted by atomic mass is 10.3. The molecule has 0 saturated carbocycles. The Morgan fingerprint density at radius 3 is 2.75 bits per heavy atom. The zero-order chi connectivity index (χ0) is 11.5. The van der Waals surface area contributed by atoms with E-state index >= 15 is 0 Å². The molecule has 0 saturated heterocycles. The number of hydrogen-bond donors (Lipinski definition) is 1. The molecule has 0 aliphatic rings. The number of benzene rings is 1. The molecule has 1 aromatic heterocycles. The predicted octanol–water partition coefficient (Wildman–Crippen LogP) is 4.45. The summed E-state index contributed by atoms with van der Waals surface area (Å²) in [5.41, 5.74) is 0.412. The smallest absolute Gasteiger partial charge is 0.193 e. The topological polar surface area (TPSA) is 25.2 Å². The van der Waals surface area contributed by atoms with Crippen LogP contribution in [0, 0.1) is 5.82 Å². The molecule has 0 fully saturated rings. The minimum absolute atomic E-state index is 0.313. The van der Waals surface area contributed by atoms with E-state index in [-0.39, 0.29) is 5.82 Å². The van der Waals surface area contributed by atoms with E-state index in [1.54, 1.807) is 24.3 Å². The summed E-state index contributed by atoms with van der Waals surface area (Å²) in [7, 11) is 0. The van der Waals surface area contributed by atoms with Crippen LogP contribution in [0.4, 0.5) is 10.1 Å². The van der Waals surface area contributed by atoms with Crippen LogP contribution in [0.25, 0.3) is 0 Å². The molecule has 2 rings (SSSR count). The molecule has 16 heavy (non-hydrogen) atoms. The molecule has 0 amide bonds. The highest BCUT2D eigenvalue weighted by Crippen LogP contribution is 2.26. The average molecular weight is 305 g/mol. The Bertz CT molecular complexity index is 480. The molecule has 1 aromatic carbocycles. The van der Waals surface area contributed by atoms with Crippen molar-refractivity contribution in [2.24, 2.45) is 0 Å². The first-order valence-electron chi connectivity index (χ1n) is 4.59. The highest BCUT2D eigenvalue weighted by Gasteiger charge is 2.06. The van der Waals surface area contributed by atoms with E-state index in [1.165, 1.54) is 6.07 Å². The second kappa shape index (κ2) is 4.89. The molecule has 1 heterocycles. The summed E-state index contributed by atoms with van der Waals surface area (Å²) in [6, 6.07) is 8.18. The van der Waals surface area contributed by atoms with E-state index in [4.69, 9.17) is 16.0 Å². The van der Waals surface area contributed by atoms with Gasteiger partial charge in [-0.3, -0.25) is 0 Å². The Balaban J connectivity index is 2.10. The maximum atomic E-state index is 13.4.